The second-order valence-corrected chi connectivity index (χ2v) is 9.85. The van der Waals surface area contributed by atoms with Gasteiger partial charge in [0.2, 0.25) is 0 Å². The summed E-state index contributed by atoms with van der Waals surface area (Å²) in [6.45, 7) is 4.21. The highest BCUT2D eigenvalue weighted by atomic mass is 35.5. The smallest absolute Gasteiger partial charge is 0.338 e. The third-order valence-electron chi connectivity index (χ3n) is 6.76. The van der Waals surface area contributed by atoms with Gasteiger partial charge in [-0.15, -0.1) is 0 Å². The van der Waals surface area contributed by atoms with Crippen LogP contribution in [0.2, 0.25) is 5.02 Å². The van der Waals surface area contributed by atoms with Gasteiger partial charge in [-0.1, -0.05) is 23.7 Å². The van der Waals surface area contributed by atoms with Crippen molar-refractivity contribution in [3.05, 3.63) is 69.5 Å². The summed E-state index contributed by atoms with van der Waals surface area (Å²) in [6.07, 6.45) is 0.297. The number of aliphatic carboxylic acids is 1. The number of hydrogen-bond donors (Lipinski definition) is 4. The minimum Gasteiger partial charge on any atom is -0.481 e. The van der Waals surface area contributed by atoms with Crippen molar-refractivity contribution in [3.63, 3.8) is 0 Å². The van der Waals surface area contributed by atoms with E-state index in [1.807, 2.05) is 11.8 Å². The van der Waals surface area contributed by atoms with Gasteiger partial charge in [-0.2, -0.15) is 5.10 Å². The van der Waals surface area contributed by atoms with Gasteiger partial charge in [0.1, 0.15) is 11.4 Å². The molecule has 0 unspecified atom stereocenters. The van der Waals surface area contributed by atoms with Gasteiger partial charge < -0.3 is 15.5 Å². The molecule has 1 aliphatic heterocycles. The van der Waals surface area contributed by atoms with Crippen molar-refractivity contribution in [3.8, 4) is 0 Å². The van der Waals surface area contributed by atoms with E-state index in [-0.39, 0.29) is 54.2 Å². The van der Waals surface area contributed by atoms with Gasteiger partial charge in [0, 0.05) is 42.0 Å². The van der Waals surface area contributed by atoms with Crippen LogP contribution in [0.25, 0.3) is 0 Å². The molecule has 3 heterocycles. The number of anilines is 2. The van der Waals surface area contributed by atoms with Crippen LogP contribution in [0.4, 0.5) is 20.4 Å². The van der Waals surface area contributed by atoms with Crippen molar-refractivity contribution in [1.29, 1.82) is 0 Å². The Kier molecular flexibility index (Phi) is 7.47. The van der Waals surface area contributed by atoms with Gasteiger partial charge in [0.15, 0.2) is 17.5 Å². The number of aromatic amines is 1. The van der Waals surface area contributed by atoms with E-state index in [2.05, 4.69) is 20.5 Å². The molecule has 0 spiro atoms. The molecule has 1 aliphatic rings. The minimum absolute atomic E-state index is 0.0214. The SMILES string of the molecule is Cc1cc(Nc2nc(C[C@@]3(C(=O)O)CCN(Cc4cccc(Cl)c4F)[C@H](C)C3)cc(C(=O)O)c2F)n[nH]1. The zero-order valence-electron chi connectivity index (χ0n) is 20.2. The predicted octanol–water partition coefficient (Wildman–Crippen LogP) is 4.78. The van der Waals surface area contributed by atoms with E-state index in [1.165, 1.54) is 6.07 Å². The van der Waals surface area contributed by atoms with Crippen LogP contribution in [-0.2, 0) is 17.8 Å². The number of aromatic carboxylic acids is 1. The number of likely N-dealkylation sites (tertiary alicyclic amines) is 1. The van der Waals surface area contributed by atoms with Crippen molar-refractivity contribution < 1.29 is 28.6 Å². The number of benzene rings is 1. The maximum Gasteiger partial charge on any atom is 0.338 e. The lowest BCUT2D eigenvalue weighted by Gasteiger charge is -2.43. The van der Waals surface area contributed by atoms with Crippen LogP contribution >= 0.6 is 11.6 Å². The second-order valence-electron chi connectivity index (χ2n) is 9.44. The summed E-state index contributed by atoms with van der Waals surface area (Å²) in [4.78, 5) is 30.4. The molecular weight excluding hydrogens is 508 g/mol. The molecule has 4 N–H and O–H groups in total. The van der Waals surface area contributed by atoms with Crippen molar-refractivity contribution >= 4 is 35.2 Å². The van der Waals surface area contributed by atoms with E-state index in [0.29, 0.717) is 17.8 Å². The zero-order valence-corrected chi connectivity index (χ0v) is 20.9. The molecule has 9 nitrogen and oxygen atoms in total. The van der Waals surface area contributed by atoms with Crippen LogP contribution < -0.4 is 5.32 Å². The number of pyridine rings is 1. The van der Waals surface area contributed by atoms with Crippen LogP contribution in [0, 0.1) is 24.0 Å². The Morgan fingerprint density at radius 2 is 2.03 bits per heavy atom. The van der Waals surface area contributed by atoms with E-state index < -0.39 is 34.6 Å². The molecule has 0 bridgehead atoms. The van der Waals surface area contributed by atoms with Gasteiger partial charge in [0.05, 0.1) is 10.4 Å². The fourth-order valence-corrected chi connectivity index (χ4v) is 4.99. The number of hydrogen-bond acceptors (Lipinski definition) is 6. The highest BCUT2D eigenvalue weighted by Gasteiger charge is 2.45. The molecule has 37 heavy (non-hydrogen) atoms. The van der Waals surface area contributed by atoms with Crippen molar-refractivity contribution in [1.82, 2.24) is 20.1 Å². The Morgan fingerprint density at radius 3 is 2.65 bits per heavy atom. The standard InChI is InChI=1S/C25H26ClF2N5O4/c1-13-8-19(32-31-13)30-22-21(28)17(23(34)35)9-16(29-22)11-25(24(36)37)6-7-33(14(2)10-25)12-15-4-3-5-18(26)20(15)27/h3-5,8-9,14H,6-7,10-12H2,1-2H3,(H,34,35)(H,36,37)(H2,29,30,31,32)/t14-,25-/m1/s1. The quantitative estimate of drug-likeness (QED) is 0.325. The summed E-state index contributed by atoms with van der Waals surface area (Å²) >= 11 is 5.90. The molecule has 3 aromatic rings. The average molecular weight is 534 g/mol. The Labute approximate surface area is 216 Å². The molecule has 0 saturated carbocycles. The van der Waals surface area contributed by atoms with Crippen LogP contribution in [0.1, 0.15) is 47.1 Å². The lowest BCUT2D eigenvalue weighted by Crippen LogP contribution is -2.49. The molecule has 4 rings (SSSR count). The van der Waals surface area contributed by atoms with Crippen molar-refractivity contribution in [2.24, 2.45) is 5.41 Å². The van der Waals surface area contributed by atoms with E-state index in [0.717, 1.165) is 6.07 Å². The Hall–Kier alpha value is -3.57. The zero-order chi connectivity index (χ0) is 26.9. The molecule has 2 aromatic heterocycles. The number of halogens is 3. The molecule has 1 aromatic carbocycles. The van der Waals surface area contributed by atoms with Crippen molar-refractivity contribution in [2.75, 3.05) is 11.9 Å². The molecule has 0 aliphatic carbocycles. The number of carboxylic acids is 2. The summed E-state index contributed by atoms with van der Waals surface area (Å²) in [5, 5.41) is 29.1. The third kappa shape index (κ3) is 5.57. The maximum atomic E-state index is 14.9. The first kappa shape index (κ1) is 26.5. The molecule has 1 fully saturated rings. The molecule has 0 radical (unpaired) electrons. The normalized spacial score (nSPS) is 20.1. The number of nitrogens with zero attached hydrogens (tertiary/aromatic N) is 3. The maximum absolute atomic E-state index is 14.9. The van der Waals surface area contributed by atoms with Crippen LogP contribution in [0.3, 0.4) is 0 Å². The largest absolute Gasteiger partial charge is 0.481 e. The van der Waals surface area contributed by atoms with Gasteiger partial charge in [-0.25, -0.2) is 18.6 Å². The summed E-state index contributed by atoms with van der Waals surface area (Å²) in [7, 11) is 0. The first-order valence-corrected chi connectivity index (χ1v) is 12.0. The summed E-state index contributed by atoms with van der Waals surface area (Å²) in [5.74, 6) is -4.26. The Morgan fingerprint density at radius 1 is 1.27 bits per heavy atom. The number of carboxylic acid groups (broad SMARTS) is 2. The van der Waals surface area contributed by atoms with Crippen molar-refractivity contribution in [2.45, 2.75) is 45.7 Å². The van der Waals surface area contributed by atoms with Crippen LogP contribution in [-0.4, -0.2) is 54.8 Å². The fourth-order valence-electron chi connectivity index (χ4n) is 4.79. The summed E-state index contributed by atoms with van der Waals surface area (Å²) in [5.41, 5.74) is -0.665. The van der Waals surface area contributed by atoms with Gasteiger partial charge >= 0.3 is 11.9 Å². The van der Waals surface area contributed by atoms with Gasteiger partial charge in [-0.05, 0) is 45.4 Å². The second kappa shape index (κ2) is 10.4. The molecule has 2 atom stereocenters. The summed E-state index contributed by atoms with van der Waals surface area (Å²) < 4.78 is 29.3. The van der Waals surface area contributed by atoms with Gasteiger partial charge in [-0.3, -0.25) is 14.8 Å². The number of piperidine rings is 1. The Bertz CT molecular complexity index is 1350. The minimum atomic E-state index is -1.50. The monoisotopic (exact) mass is 533 g/mol. The topological polar surface area (TPSA) is 131 Å². The number of aromatic nitrogens is 3. The van der Waals surface area contributed by atoms with E-state index in [1.54, 1.807) is 25.1 Å². The predicted molar refractivity (Wildman–Crippen MR) is 132 cm³/mol. The molecule has 0 amide bonds. The fraction of sp³-hybridized carbons (Fsp3) is 0.360. The summed E-state index contributed by atoms with van der Waals surface area (Å²) in [6, 6.07) is 7.18. The Balaban J connectivity index is 1.60. The lowest BCUT2D eigenvalue weighted by molar-refractivity contribution is -0.153. The lowest BCUT2D eigenvalue weighted by atomic mass is 9.72. The molecule has 196 valence electrons. The molecular formula is C25H26ClF2N5O4. The van der Waals surface area contributed by atoms with E-state index >= 15 is 0 Å². The van der Waals surface area contributed by atoms with Crippen LogP contribution in [0.5, 0.6) is 0 Å². The van der Waals surface area contributed by atoms with Gasteiger partial charge in [0.25, 0.3) is 0 Å². The number of rotatable bonds is 8. The first-order chi connectivity index (χ1) is 17.5. The third-order valence-corrected chi connectivity index (χ3v) is 7.05. The molecule has 12 heteroatoms. The van der Waals surface area contributed by atoms with Crippen LogP contribution in [0.15, 0.2) is 30.3 Å². The number of H-pyrrole nitrogens is 1. The first-order valence-electron chi connectivity index (χ1n) is 11.6. The van der Waals surface area contributed by atoms with E-state index in [9.17, 15) is 28.6 Å². The number of nitrogens with one attached hydrogen (secondary N) is 2. The number of carbonyl (C=O) groups is 2. The highest BCUT2D eigenvalue weighted by Crippen LogP contribution is 2.39. The average Bonchev–Trinajstić information content (AvgIpc) is 3.24. The number of aryl methyl sites for hydroxylation is 1. The highest BCUT2D eigenvalue weighted by molar-refractivity contribution is 6.30. The van der Waals surface area contributed by atoms with E-state index in [4.69, 9.17) is 11.6 Å². The molecule has 1 saturated heterocycles.